The monoisotopic (exact) mass is 448 g/mol. The van der Waals surface area contributed by atoms with Crippen molar-refractivity contribution in [1.29, 1.82) is 0 Å². The van der Waals surface area contributed by atoms with Crippen LogP contribution in [0.2, 0.25) is 0 Å². The van der Waals surface area contributed by atoms with E-state index in [-0.39, 0.29) is 23.8 Å². The van der Waals surface area contributed by atoms with E-state index in [4.69, 9.17) is 0 Å². The second kappa shape index (κ2) is 10.5. The van der Waals surface area contributed by atoms with E-state index in [0.29, 0.717) is 44.8 Å². The number of hydrogen-bond acceptors (Lipinski definition) is 3. The molecule has 33 heavy (non-hydrogen) atoms. The first-order chi connectivity index (χ1) is 16.0. The highest BCUT2D eigenvalue weighted by Gasteiger charge is 2.28. The zero-order valence-electron chi connectivity index (χ0n) is 19.1. The minimum atomic E-state index is -0.163. The molecule has 7 nitrogen and oxygen atoms in total. The molecule has 0 radical (unpaired) electrons. The molecule has 4 amide bonds. The summed E-state index contributed by atoms with van der Waals surface area (Å²) < 4.78 is 0. The minimum absolute atomic E-state index is 0.00491. The number of hydrogen-bond donors (Lipinski definition) is 2. The fraction of sp³-hybridized carbons (Fsp3) is 0.423. The summed E-state index contributed by atoms with van der Waals surface area (Å²) in [5.74, 6) is 0.296. The molecule has 2 aromatic carbocycles. The van der Waals surface area contributed by atoms with Crippen molar-refractivity contribution in [1.82, 2.24) is 9.80 Å². The average molecular weight is 449 g/mol. The lowest BCUT2D eigenvalue weighted by Crippen LogP contribution is -2.43. The van der Waals surface area contributed by atoms with Gasteiger partial charge < -0.3 is 20.4 Å². The van der Waals surface area contributed by atoms with E-state index in [1.807, 2.05) is 66.5 Å². The number of urea groups is 1. The van der Waals surface area contributed by atoms with Crippen LogP contribution in [0, 0.1) is 11.8 Å². The lowest BCUT2D eigenvalue weighted by Gasteiger charge is -2.34. The normalized spacial score (nSPS) is 18.3. The highest BCUT2D eigenvalue weighted by Crippen LogP contribution is 2.28. The van der Waals surface area contributed by atoms with Gasteiger partial charge in [-0.15, -0.1) is 0 Å². The van der Waals surface area contributed by atoms with Gasteiger partial charge in [0.05, 0.1) is 0 Å². The summed E-state index contributed by atoms with van der Waals surface area (Å²) in [7, 11) is 1.84. The summed E-state index contributed by atoms with van der Waals surface area (Å²) in [4.78, 5) is 41.2. The van der Waals surface area contributed by atoms with Crippen LogP contribution in [-0.2, 0) is 16.0 Å². The van der Waals surface area contributed by atoms with Gasteiger partial charge in [-0.05, 0) is 55.4 Å². The molecular weight excluding hydrogens is 416 g/mol. The number of benzene rings is 2. The van der Waals surface area contributed by atoms with E-state index >= 15 is 0 Å². The van der Waals surface area contributed by atoms with Crippen LogP contribution in [0.25, 0.3) is 0 Å². The van der Waals surface area contributed by atoms with E-state index in [1.54, 1.807) is 4.90 Å². The quantitative estimate of drug-likeness (QED) is 0.701. The topological polar surface area (TPSA) is 81.8 Å². The SMILES string of the molecule is CN(CC1CCN(C(=O)Nc2ccccc2)CC1)C(=O)CCC1Cc2ccccc2NC1=O. The largest absolute Gasteiger partial charge is 0.345 e. The molecule has 174 valence electrons. The lowest BCUT2D eigenvalue weighted by molar-refractivity contribution is -0.131. The molecule has 2 N–H and O–H groups in total. The Labute approximate surface area is 195 Å². The number of nitrogens with one attached hydrogen (secondary N) is 2. The van der Waals surface area contributed by atoms with Crippen molar-refractivity contribution in [3.8, 4) is 0 Å². The number of fused-ring (bicyclic) bond motifs is 1. The Balaban J connectivity index is 1.18. The van der Waals surface area contributed by atoms with Crippen molar-refractivity contribution in [3.05, 3.63) is 60.2 Å². The standard InChI is InChI=1S/C26H32N4O3/c1-29(24(31)12-11-21-17-20-7-5-6-10-23(20)28-25(21)32)18-19-13-15-30(16-14-19)26(33)27-22-8-3-2-4-9-22/h2-10,19,21H,11-18H2,1H3,(H,27,33)(H,28,32). The molecule has 4 rings (SSSR count). The number of carbonyl (C=O) groups is 3. The summed E-state index contributed by atoms with van der Waals surface area (Å²) >= 11 is 0. The predicted molar refractivity (Wildman–Crippen MR) is 129 cm³/mol. The number of rotatable bonds is 6. The summed E-state index contributed by atoms with van der Waals surface area (Å²) in [6.45, 7) is 2.06. The van der Waals surface area contributed by atoms with Crippen molar-refractivity contribution in [2.75, 3.05) is 37.3 Å². The lowest BCUT2D eigenvalue weighted by atomic mass is 9.89. The maximum atomic E-state index is 12.7. The van der Waals surface area contributed by atoms with Crippen molar-refractivity contribution >= 4 is 29.2 Å². The molecular formula is C26H32N4O3. The number of para-hydroxylation sites is 2. The van der Waals surface area contributed by atoms with Gasteiger partial charge in [-0.2, -0.15) is 0 Å². The third kappa shape index (κ3) is 5.92. The number of amides is 4. The van der Waals surface area contributed by atoms with Gasteiger partial charge in [0, 0.05) is 50.4 Å². The van der Waals surface area contributed by atoms with Gasteiger partial charge in [-0.25, -0.2) is 4.79 Å². The van der Waals surface area contributed by atoms with Crippen molar-refractivity contribution in [2.24, 2.45) is 11.8 Å². The van der Waals surface area contributed by atoms with E-state index in [1.165, 1.54) is 0 Å². The van der Waals surface area contributed by atoms with Crippen LogP contribution in [0.15, 0.2) is 54.6 Å². The molecule has 0 spiro atoms. The van der Waals surface area contributed by atoms with Crippen LogP contribution in [0.4, 0.5) is 16.2 Å². The molecule has 2 aliphatic rings. The Bertz CT molecular complexity index is 986. The Hall–Kier alpha value is -3.35. The molecule has 1 unspecified atom stereocenters. The maximum Gasteiger partial charge on any atom is 0.321 e. The van der Waals surface area contributed by atoms with Crippen LogP contribution in [-0.4, -0.2) is 54.3 Å². The second-order valence-electron chi connectivity index (χ2n) is 9.09. The number of likely N-dealkylation sites (tertiary alicyclic amines) is 1. The third-order valence-electron chi connectivity index (χ3n) is 6.70. The Kier molecular flexibility index (Phi) is 7.27. The molecule has 1 fully saturated rings. The number of carbonyl (C=O) groups excluding carboxylic acids is 3. The van der Waals surface area contributed by atoms with Gasteiger partial charge in [-0.1, -0.05) is 36.4 Å². The molecule has 2 aliphatic heterocycles. The van der Waals surface area contributed by atoms with E-state index in [2.05, 4.69) is 10.6 Å². The first-order valence-corrected chi connectivity index (χ1v) is 11.7. The molecule has 7 heteroatoms. The zero-order chi connectivity index (χ0) is 23.2. The van der Waals surface area contributed by atoms with Crippen LogP contribution in [0.5, 0.6) is 0 Å². The highest BCUT2D eigenvalue weighted by molar-refractivity contribution is 5.96. The maximum absolute atomic E-state index is 12.7. The Morgan fingerprint density at radius 1 is 1.06 bits per heavy atom. The molecule has 1 saturated heterocycles. The van der Waals surface area contributed by atoms with Crippen LogP contribution < -0.4 is 10.6 Å². The molecule has 0 aromatic heterocycles. The van der Waals surface area contributed by atoms with E-state index < -0.39 is 0 Å². The van der Waals surface area contributed by atoms with Gasteiger partial charge in [0.25, 0.3) is 0 Å². The number of piperidine rings is 1. The molecule has 0 bridgehead atoms. The van der Waals surface area contributed by atoms with Crippen LogP contribution >= 0.6 is 0 Å². The predicted octanol–water partition coefficient (Wildman–Crippen LogP) is 3.98. The minimum Gasteiger partial charge on any atom is -0.345 e. The van der Waals surface area contributed by atoms with Gasteiger partial charge >= 0.3 is 6.03 Å². The zero-order valence-corrected chi connectivity index (χ0v) is 19.1. The first-order valence-electron chi connectivity index (χ1n) is 11.7. The number of nitrogens with zero attached hydrogens (tertiary/aromatic N) is 2. The summed E-state index contributed by atoms with van der Waals surface area (Å²) in [6, 6.07) is 17.2. The third-order valence-corrected chi connectivity index (χ3v) is 6.70. The van der Waals surface area contributed by atoms with Crippen molar-refractivity contribution in [2.45, 2.75) is 32.1 Å². The van der Waals surface area contributed by atoms with Crippen molar-refractivity contribution < 1.29 is 14.4 Å². The van der Waals surface area contributed by atoms with E-state index in [9.17, 15) is 14.4 Å². The highest BCUT2D eigenvalue weighted by atomic mass is 16.2. The first kappa shape index (κ1) is 22.8. The summed E-state index contributed by atoms with van der Waals surface area (Å²) in [5.41, 5.74) is 2.81. The summed E-state index contributed by atoms with van der Waals surface area (Å²) in [5, 5.41) is 5.89. The smallest absolute Gasteiger partial charge is 0.321 e. The van der Waals surface area contributed by atoms with E-state index in [0.717, 1.165) is 29.8 Å². The van der Waals surface area contributed by atoms with Crippen LogP contribution in [0.1, 0.15) is 31.2 Å². The van der Waals surface area contributed by atoms with Gasteiger partial charge in [0.2, 0.25) is 11.8 Å². The van der Waals surface area contributed by atoms with Crippen LogP contribution in [0.3, 0.4) is 0 Å². The molecule has 2 aromatic rings. The van der Waals surface area contributed by atoms with Gasteiger partial charge in [0.15, 0.2) is 0 Å². The molecule has 2 heterocycles. The van der Waals surface area contributed by atoms with Gasteiger partial charge in [-0.3, -0.25) is 9.59 Å². The fourth-order valence-corrected chi connectivity index (χ4v) is 4.67. The molecule has 0 aliphatic carbocycles. The average Bonchev–Trinajstić information content (AvgIpc) is 2.83. The molecule has 0 saturated carbocycles. The summed E-state index contributed by atoms with van der Waals surface area (Å²) in [6.07, 6.45) is 3.36. The second-order valence-corrected chi connectivity index (χ2v) is 9.09. The fourth-order valence-electron chi connectivity index (χ4n) is 4.67. The Morgan fingerprint density at radius 2 is 1.76 bits per heavy atom. The molecule has 1 atom stereocenters. The number of anilines is 2. The van der Waals surface area contributed by atoms with Crippen molar-refractivity contribution in [3.63, 3.8) is 0 Å². The Morgan fingerprint density at radius 3 is 2.52 bits per heavy atom. The van der Waals surface area contributed by atoms with Gasteiger partial charge in [0.1, 0.15) is 0 Å².